The van der Waals surface area contributed by atoms with E-state index in [0.29, 0.717) is 11.3 Å². The summed E-state index contributed by atoms with van der Waals surface area (Å²) in [6.07, 6.45) is 2.45. The zero-order valence-corrected chi connectivity index (χ0v) is 18.0. The van der Waals surface area contributed by atoms with Crippen molar-refractivity contribution in [1.29, 1.82) is 0 Å². The Morgan fingerprint density at radius 3 is 1.26 bits per heavy atom. The van der Waals surface area contributed by atoms with Gasteiger partial charge in [-0.15, -0.1) is 0 Å². The van der Waals surface area contributed by atoms with Crippen molar-refractivity contribution < 1.29 is 0 Å². The molecule has 1 atom stereocenters. The molecule has 0 N–H and O–H groups in total. The zero-order valence-electron chi connectivity index (χ0n) is 17.1. The van der Waals surface area contributed by atoms with E-state index in [1.165, 1.54) is 28.5 Å². The van der Waals surface area contributed by atoms with Gasteiger partial charge in [-0.25, -0.2) is 0 Å². The second-order valence-corrected chi connectivity index (χ2v) is 12.4. The zero-order chi connectivity index (χ0) is 19.3. The molecule has 0 aliphatic carbocycles. The largest absolute Gasteiger partial charge is 0.112 e. The summed E-state index contributed by atoms with van der Waals surface area (Å²) in [7, 11) is -1.70. The fraction of sp³-hybridized carbons (Fsp3) is 0.308. The first-order valence-electron chi connectivity index (χ1n) is 9.97. The van der Waals surface area contributed by atoms with E-state index >= 15 is 0 Å². The summed E-state index contributed by atoms with van der Waals surface area (Å²) in [6.45, 7) is 9.51. The Kier molecular flexibility index (Phi) is 6.18. The molecule has 3 rings (SSSR count). The first-order valence-corrected chi connectivity index (χ1v) is 11.9. The first kappa shape index (κ1) is 19.8. The maximum atomic E-state index is 2.44. The van der Waals surface area contributed by atoms with Crippen LogP contribution in [0.4, 0.5) is 0 Å². The SMILES string of the molecule is CC(CC(C)(C)C)C[P+](c1ccccc1)(c1ccccc1)c1ccccc1. The van der Waals surface area contributed by atoms with Crippen LogP contribution in [0, 0.1) is 11.3 Å². The number of hydrogen-bond donors (Lipinski definition) is 0. The summed E-state index contributed by atoms with van der Waals surface area (Å²) in [5, 5.41) is 4.47. The molecule has 1 unspecified atom stereocenters. The first-order chi connectivity index (χ1) is 12.9. The second-order valence-electron chi connectivity index (χ2n) is 8.87. The molecule has 0 bridgehead atoms. The molecule has 0 aromatic heterocycles. The molecule has 0 aliphatic heterocycles. The van der Waals surface area contributed by atoms with Gasteiger partial charge >= 0.3 is 0 Å². The fourth-order valence-corrected chi connectivity index (χ4v) is 9.02. The van der Waals surface area contributed by atoms with Crippen molar-refractivity contribution in [2.45, 2.75) is 34.1 Å². The third kappa shape index (κ3) is 4.69. The lowest BCUT2D eigenvalue weighted by Gasteiger charge is -2.32. The minimum Gasteiger partial charge on any atom is -0.0620 e. The predicted molar refractivity (Wildman–Crippen MR) is 123 cm³/mol. The molecular weight excluding hydrogens is 343 g/mol. The molecule has 3 aromatic carbocycles. The minimum absolute atomic E-state index is 0.346. The van der Waals surface area contributed by atoms with Crippen molar-refractivity contribution >= 4 is 23.2 Å². The summed E-state index contributed by atoms with van der Waals surface area (Å²) in [4.78, 5) is 0. The smallest absolute Gasteiger partial charge is 0.0620 e. The molecule has 0 aliphatic rings. The molecular formula is C26H32P+. The van der Waals surface area contributed by atoms with E-state index in [-0.39, 0.29) is 0 Å². The third-order valence-corrected chi connectivity index (χ3v) is 9.85. The van der Waals surface area contributed by atoms with Crippen molar-refractivity contribution in [2.24, 2.45) is 11.3 Å². The van der Waals surface area contributed by atoms with E-state index in [2.05, 4.69) is 119 Å². The van der Waals surface area contributed by atoms with E-state index < -0.39 is 7.26 Å². The Labute approximate surface area is 166 Å². The molecule has 0 spiro atoms. The molecule has 27 heavy (non-hydrogen) atoms. The summed E-state index contributed by atoms with van der Waals surface area (Å²) in [5.41, 5.74) is 0.346. The van der Waals surface area contributed by atoms with Gasteiger partial charge in [0, 0.05) is 0 Å². The molecule has 0 saturated heterocycles. The number of rotatable bonds is 6. The van der Waals surface area contributed by atoms with Crippen molar-refractivity contribution in [1.82, 2.24) is 0 Å². The van der Waals surface area contributed by atoms with Crippen LogP contribution in [-0.4, -0.2) is 6.16 Å². The van der Waals surface area contributed by atoms with Crippen LogP contribution >= 0.6 is 7.26 Å². The lowest BCUT2D eigenvalue weighted by Crippen LogP contribution is -2.35. The molecule has 0 radical (unpaired) electrons. The lowest BCUT2D eigenvalue weighted by molar-refractivity contribution is 0.322. The summed E-state index contributed by atoms with van der Waals surface area (Å²) >= 11 is 0. The van der Waals surface area contributed by atoms with Crippen molar-refractivity contribution in [3.8, 4) is 0 Å². The Morgan fingerprint density at radius 2 is 0.963 bits per heavy atom. The van der Waals surface area contributed by atoms with Gasteiger partial charge in [-0.3, -0.25) is 0 Å². The summed E-state index contributed by atoms with van der Waals surface area (Å²) in [5.74, 6) is 0.652. The highest BCUT2D eigenvalue weighted by molar-refractivity contribution is 7.95. The van der Waals surface area contributed by atoms with Crippen LogP contribution in [0.5, 0.6) is 0 Å². The molecule has 0 amide bonds. The van der Waals surface area contributed by atoms with E-state index in [0.717, 1.165) is 0 Å². The molecule has 0 saturated carbocycles. The van der Waals surface area contributed by atoms with Gasteiger partial charge in [0.05, 0.1) is 6.16 Å². The lowest BCUT2D eigenvalue weighted by atomic mass is 9.86. The van der Waals surface area contributed by atoms with Crippen LogP contribution in [0.3, 0.4) is 0 Å². The van der Waals surface area contributed by atoms with E-state index in [9.17, 15) is 0 Å². The number of benzene rings is 3. The van der Waals surface area contributed by atoms with Gasteiger partial charge in [-0.2, -0.15) is 0 Å². The molecule has 3 aromatic rings. The third-order valence-electron chi connectivity index (χ3n) is 5.14. The predicted octanol–water partition coefficient (Wildman–Crippen LogP) is 6.05. The number of hydrogen-bond acceptors (Lipinski definition) is 0. The van der Waals surface area contributed by atoms with Crippen LogP contribution in [0.1, 0.15) is 34.1 Å². The van der Waals surface area contributed by atoms with Crippen LogP contribution < -0.4 is 15.9 Å². The van der Waals surface area contributed by atoms with Crippen LogP contribution in [0.15, 0.2) is 91.0 Å². The monoisotopic (exact) mass is 375 g/mol. The van der Waals surface area contributed by atoms with Crippen LogP contribution in [-0.2, 0) is 0 Å². The van der Waals surface area contributed by atoms with Gasteiger partial charge in [-0.05, 0) is 54.2 Å². The normalized spacial score (nSPS) is 13.3. The Balaban J connectivity index is 2.20. The van der Waals surface area contributed by atoms with Crippen LogP contribution in [0.25, 0.3) is 0 Å². The highest BCUT2D eigenvalue weighted by Crippen LogP contribution is 2.57. The van der Waals surface area contributed by atoms with Gasteiger partial charge in [0.2, 0.25) is 0 Å². The minimum atomic E-state index is -1.70. The topological polar surface area (TPSA) is 0 Å². The highest BCUT2D eigenvalue weighted by atomic mass is 31.2. The van der Waals surface area contributed by atoms with E-state index in [1.807, 2.05) is 0 Å². The average molecular weight is 376 g/mol. The molecule has 0 nitrogen and oxygen atoms in total. The summed E-state index contributed by atoms with van der Waals surface area (Å²) < 4.78 is 0. The Hall–Kier alpha value is -1.91. The fourth-order valence-electron chi connectivity index (χ4n) is 4.39. The molecule has 1 heteroatoms. The van der Waals surface area contributed by atoms with E-state index in [1.54, 1.807) is 0 Å². The Morgan fingerprint density at radius 1 is 0.630 bits per heavy atom. The highest BCUT2D eigenvalue weighted by Gasteiger charge is 2.46. The van der Waals surface area contributed by atoms with Crippen molar-refractivity contribution in [3.63, 3.8) is 0 Å². The molecule has 140 valence electrons. The van der Waals surface area contributed by atoms with Crippen molar-refractivity contribution in [2.75, 3.05) is 6.16 Å². The van der Waals surface area contributed by atoms with Gasteiger partial charge < -0.3 is 0 Å². The Bertz CT molecular complexity index is 720. The standard InChI is InChI=1S/C26H32P/c1-22(20-26(2,3)4)21-27(23-14-8-5-9-15-23,24-16-10-6-11-17-24)25-18-12-7-13-19-25/h5-19,22H,20-21H2,1-4H3/q+1. The second kappa shape index (κ2) is 8.41. The van der Waals surface area contributed by atoms with Gasteiger partial charge in [0.25, 0.3) is 0 Å². The average Bonchev–Trinajstić information content (AvgIpc) is 2.67. The van der Waals surface area contributed by atoms with E-state index in [4.69, 9.17) is 0 Å². The molecule has 0 fully saturated rings. The van der Waals surface area contributed by atoms with Gasteiger partial charge in [0.1, 0.15) is 23.2 Å². The summed E-state index contributed by atoms with van der Waals surface area (Å²) in [6, 6.07) is 33.7. The maximum absolute atomic E-state index is 2.44. The molecule has 0 heterocycles. The van der Waals surface area contributed by atoms with Crippen molar-refractivity contribution in [3.05, 3.63) is 91.0 Å². The van der Waals surface area contributed by atoms with Crippen LogP contribution in [0.2, 0.25) is 0 Å². The van der Waals surface area contributed by atoms with Gasteiger partial charge in [0.15, 0.2) is 0 Å². The van der Waals surface area contributed by atoms with Gasteiger partial charge in [-0.1, -0.05) is 82.3 Å². The maximum Gasteiger partial charge on any atom is 0.112 e. The quantitative estimate of drug-likeness (QED) is 0.460.